The Morgan fingerprint density at radius 1 is 0.417 bits per heavy atom. The van der Waals surface area contributed by atoms with Gasteiger partial charge in [-0.05, 0) is 5.56 Å². The van der Waals surface area contributed by atoms with Crippen molar-refractivity contribution >= 4 is 0 Å². The third kappa shape index (κ3) is 2.70. The van der Waals surface area contributed by atoms with Crippen molar-refractivity contribution in [1.82, 2.24) is 9.97 Å². The highest BCUT2D eigenvalue weighted by Crippen LogP contribution is 2.36. The Bertz CT molecular complexity index is 876. The normalized spacial score (nSPS) is 10.5. The summed E-state index contributed by atoms with van der Waals surface area (Å²) in [4.78, 5) is 9.20. The van der Waals surface area contributed by atoms with Gasteiger partial charge in [0.05, 0.1) is 11.4 Å². The van der Waals surface area contributed by atoms with Crippen LogP contribution >= 0.6 is 0 Å². The summed E-state index contributed by atoms with van der Waals surface area (Å²) >= 11 is 0. The van der Waals surface area contributed by atoms with Crippen LogP contribution in [0.3, 0.4) is 0 Å². The first-order chi connectivity index (χ1) is 11.9. The maximum absolute atomic E-state index is 4.60. The zero-order valence-corrected chi connectivity index (χ0v) is 13.1. The third-order valence-corrected chi connectivity index (χ3v) is 4.00. The van der Waals surface area contributed by atoms with Crippen molar-refractivity contribution in [2.45, 2.75) is 0 Å². The molecular weight excluding hydrogens is 292 g/mol. The monoisotopic (exact) mass is 308 g/mol. The fourth-order valence-electron chi connectivity index (χ4n) is 2.89. The van der Waals surface area contributed by atoms with Gasteiger partial charge in [-0.25, -0.2) is 9.97 Å². The van der Waals surface area contributed by atoms with Crippen LogP contribution in [0.4, 0.5) is 0 Å². The van der Waals surface area contributed by atoms with Crippen molar-refractivity contribution in [3.8, 4) is 33.6 Å². The van der Waals surface area contributed by atoms with E-state index in [1.807, 2.05) is 54.6 Å². The van der Waals surface area contributed by atoms with Gasteiger partial charge in [-0.15, -0.1) is 0 Å². The summed E-state index contributed by atoms with van der Waals surface area (Å²) in [5.41, 5.74) is 6.28. The molecular formula is C22H16N2. The van der Waals surface area contributed by atoms with Crippen LogP contribution in [-0.4, -0.2) is 9.97 Å². The van der Waals surface area contributed by atoms with E-state index in [0.717, 1.165) is 33.6 Å². The molecule has 0 fully saturated rings. The molecule has 0 aliphatic heterocycles. The van der Waals surface area contributed by atoms with E-state index < -0.39 is 0 Å². The quantitative estimate of drug-likeness (QED) is 0.501. The molecule has 114 valence electrons. The maximum atomic E-state index is 4.60. The van der Waals surface area contributed by atoms with Crippen molar-refractivity contribution in [3.63, 3.8) is 0 Å². The highest BCUT2D eigenvalue weighted by Gasteiger charge is 2.16. The van der Waals surface area contributed by atoms with Crippen molar-refractivity contribution in [2.75, 3.05) is 0 Å². The zero-order valence-electron chi connectivity index (χ0n) is 13.1. The first-order valence-corrected chi connectivity index (χ1v) is 7.95. The first-order valence-electron chi connectivity index (χ1n) is 7.95. The second-order valence-electron chi connectivity index (χ2n) is 5.54. The second-order valence-corrected chi connectivity index (χ2v) is 5.54. The number of benzene rings is 3. The molecule has 0 amide bonds. The fraction of sp³-hybridized carbons (Fsp3) is 0. The van der Waals surface area contributed by atoms with E-state index in [1.54, 1.807) is 6.33 Å². The summed E-state index contributed by atoms with van der Waals surface area (Å²) in [6, 6.07) is 30.9. The molecule has 2 heteroatoms. The average molecular weight is 308 g/mol. The standard InChI is InChI=1S/C22H16N2/c1-4-10-17(11-5-1)20-21(18-12-6-2-7-13-18)23-16-24-22(20)19-14-8-3-9-15-19/h1-16H. The predicted molar refractivity (Wildman–Crippen MR) is 98.3 cm³/mol. The van der Waals surface area contributed by atoms with Gasteiger partial charge in [0, 0.05) is 16.7 Å². The van der Waals surface area contributed by atoms with Gasteiger partial charge in [0.25, 0.3) is 0 Å². The number of nitrogens with zero attached hydrogens (tertiary/aromatic N) is 2. The van der Waals surface area contributed by atoms with Crippen LogP contribution in [0.25, 0.3) is 33.6 Å². The number of hydrogen-bond donors (Lipinski definition) is 0. The molecule has 0 atom stereocenters. The molecule has 4 aromatic rings. The lowest BCUT2D eigenvalue weighted by molar-refractivity contribution is 1.18. The van der Waals surface area contributed by atoms with Crippen LogP contribution in [0.5, 0.6) is 0 Å². The Hall–Kier alpha value is -3.26. The van der Waals surface area contributed by atoms with Crippen LogP contribution in [0.1, 0.15) is 0 Å². The molecule has 1 aromatic heterocycles. The van der Waals surface area contributed by atoms with Crippen molar-refractivity contribution in [1.29, 1.82) is 0 Å². The Kier molecular flexibility index (Phi) is 3.86. The minimum absolute atomic E-state index is 0.954. The maximum Gasteiger partial charge on any atom is 0.116 e. The van der Waals surface area contributed by atoms with Gasteiger partial charge in [0.15, 0.2) is 0 Å². The van der Waals surface area contributed by atoms with Gasteiger partial charge in [-0.1, -0.05) is 91.0 Å². The van der Waals surface area contributed by atoms with E-state index in [0.29, 0.717) is 0 Å². The predicted octanol–water partition coefficient (Wildman–Crippen LogP) is 5.48. The van der Waals surface area contributed by atoms with Gasteiger partial charge in [-0.2, -0.15) is 0 Å². The van der Waals surface area contributed by atoms with Crippen molar-refractivity contribution in [3.05, 3.63) is 97.3 Å². The molecule has 2 nitrogen and oxygen atoms in total. The molecule has 0 unspecified atom stereocenters. The molecule has 0 aliphatic carbocycles. The van der Waals surface area contributed by atoms with Gasteiger partial charge in [-0.3, -0.25) is 0 Å². The molecule has 0 aliphatic rings. The summed E-state index contributed by atoms with van der Waals surface area (Å²) in [5.74, 6) is 0. The smallest absolute Gasteiger partial charge is 0.116 e. The lowest BCUT2D eigenvalue weighted by Gasteiger charge is -2.14. The number of rotatable bonds is 3. The third-order valence-electron chi connectivity index (χ3n) is 4.00. The molecule has 0 radical (unpaired) electrons. The molecule has 24 heavy (non-hydrogen) atoms. The van der Waals surface area contributed by atoms with E-state index in [2.05, 4.69) is 46.4 Å². The zero-order chi connectivity index (χ0) is 16.2. The molecule has 0 saturated carbocycles. The summed E-state index contributed by atoms with van der Waals surface area (Å²) in [6.45, 7) is 0. The Morgan fingerprint density at radius 2 is 0.792 bits per heavy atom. The Balaban J connectivity index is 2.02. The van der Waals surface area contributed by atoms with Gasteiger partial charge in [0.1, 0.15) is 6.33 Å². The van der Waals surface area contributed by atoms with Crippen LogP contribution in [0.2, 0.25) is 0 Å². The van der Waals surface area contributed by atoms with Crippen LogP contribution < -0.4 is 0 Å². The molecule has 1 heterocycles. The molecule has 0 bridgehead atoms. The second kappa shape index (κ2) is 6.47. The van der Waals surface area contributed by atoms with Gasteiger partial charge in [0.2, 0.25) is 0 Å². The Labute approximate surface area is 141 Å². The first kappa shape index (κ1) is 14.3. The van der Waals surface area contributed by atoms with E-state index in [9.17, 15) is 0 Å². The van der Waals surface area contributed by atoms with E-state index in [-0.39, 0.29) is 0 Å². The lowest BCUT2D eigenvalue weighted by atomic mass is 9.95. The lowest BCUT2D eigenvalue weighted by Crippen LogP contribution is -1.96. The van der Waals surface area contributed by atoms with Gasteiger partial charge < -0.3 is 0 Å². The largest absolute Gasteiger partial charge is 0.236 e. The molecule has 4 rings (SSSR count). The van der Waals surface area contributed by atoms with Crippen LogP contribution in [0, 0.1) is 0 Å². The van der Waals surface area contributed by atoms with Gasteiger partial charge >= 0.3 is 0 Å². The molecule has 3 aromatic carbocycles. The van der Waals surface area contributed by atoms with E-state index in [4.69, 9.17) is 0 Å². The summed E-state index contributed by atoms with van der Waals surface area (Å²) < 4.78 is 0. The fourth-order valence-corrected chi connectivity index (χ4v) is 2.89. The molecule has 0 spiro atoms. The minimum Gasteiger partial charge on any atom is -0.236 e. The summed E-state index contributed by atoms with van der Waals surface area (Å²) in [6.07, 6.45) is 1.65. The average Bonchev–Trinajstić information content (AvgIpc) is 2.69. The minimum atomic E-state index is 0.954. The van der Waals surface area contributed by atoms with Crippen molar-refractivity contribution in [2.24, 2.45) is 0 Å². The topological polar surface area (TPSA) is 25.8 Å². The summed E-state index contributed by atoms with van der Waals surface area (Å²) in [7, 11) is 0. The molecule has 0 N–H and O–H groups in total. The summed E-state index contributed by atoms with van der Waals surface area (Å²) in [5, 5.41) is 0. The highest BCUT2D eigenvalue weighted by atomic mass is 14.8. The van der Waals surface area contributed by atoms with E-state index >= 15 is 0 Å². The SMILES string of the molecule is c1ccc(-c2ncnc(-c3ccccc3)c2-c2ccccc2)cc1. The number of aromatic nitrogens is 2. The highest BCUT2D eigenvalue weighted by molar-refractivity contribution is 5.90. The van der Waals surface area contributed by atoms with Crippen molar-refractivity contribution < 1.29 is 0 Å². The number of hydrogen-bond acceptors (Lipinski definition) is 2. The van der Waals surface area contributed by atoms with Crippen LogP contribution in [-0.2, 0) is 0 Å². The van der Waals surface area contributed by atoms with E-state index in [1.165, 1.54) is 0 Å². The van der Waals surface area contributed by atoms with Crippen LogP contribution in [0.15, 0.2) is 97.3 Å². The molecule has 0 saturated heterocycles. The Morgan fingerprint density at radius 3 is 1.21 bits per heavy atom.